The number of hydrogen-bond donors (Lipinski definition) is 1. The van der Waals surface area contributed by atoms with Crippen LogP contribution < -0.4 is 0 Å². The fraction of sp³-hybridized carbons (Fsp3) is 0.375. The number of benzene rings is 1. The van der Waals surface area contributed by atoms with Crippen LogP contribution in [-0.4, -0.2) is 57.0 Å². The number of nitrogens with one attached hydrogen (secondary N) is 1. The van der Waals surface area contributed by atoms with Gasteiger partial charge < -0.3 is 15.0 Å². The predicted molar refractivity (Wildman–Crippen MR) is 87.6 cm³/mol. The van der Waals surface area contributed by atoms with Crippen LogP contribution in [0.2, 0.25) is 0 Å². The Morgan fingerprint density at radius 1 is 1.29 bits per heavy atom. The highest BCUT2D eigenvalue weighted by Gasteiger charge is 2.25. The summed E-state index contributed by atoms with van der Waals surface area (Å²) in [5.74, 6) is -0.536. The number of carbonyl (C=O) groups is 1. The zero-order valence-corrected chi connectivity index (χ0v) is 13.4. The molecule has 1 amide bonds. The third-order valence-electron chi connectivity index (χ3n) is 4.13. The van der Waals surface area contributed by atoms with Gasteiger partial charge in [-0.3, -0.25) is 9.69 Å². The topological polar surface area (TPSA) is 95.4 Å². The Morgan fingerprint density at radius 3 is 2.67 bits per heavy atom. The van der Waals surface area contributed by atoms with E-state index < -0.39 is 4.92 Å². The summed E-state index contributed by atoms with van der Waals surface area (Å²) in [6.07, 6.45) is 0. The number of H-pyrrole nitrogens is 1. The smallest absolute Gasteiger partial charge is 0.343 e. The van der Waals surface area contributed by atoms with Crippen molar-refractivity contribution in [1.82, 2.24) is 20.0 Å². The summed E-state index contributed by atoms with van der Waals surface area (Å²) in [5.41, 5.74) is 2.59. The van der Waals surface area contributed by atoms with E-state index in [1.54, 1.807) is 4.90 Å². The van der Waals surface area contributed by atoms with E-state index in [9.17, 15) is 14.9 Å². The first-order chi connectivity index (χ1) is 11.5. The lowest BCUT2D eigenvalue weighted by molar-refractivity contribution is -0.389. The number of hydrogen-bond acceptors (Lipinski definition) is 5. The summed E-state index contributed by atoms with van der Waals surface area (Å²) in [6, 6.07) is 9.58. The Labute approximate surface area is 139 Å². The van der Waals surface area contributed by atoms with Gasteiger partial charge in [0.2, 0.25) is 0 Å². The second-order valence-corrected chi connectivity index (χ2v) is 5.95. The van der Waals surface area contributed by atoms with Crippen LogP contribution in [0.25, 0.3) is 0 Å². The number of amides is 1. The normalized spacial score (nSPS) is 15.5. The number of nitro groups is 1. The molecule has 0 atom stereocenters. The monoisotopic (exact) mass is 329 g/mol. The second-order valence-electron chi connectivity index (χ2n) is 5.95. The minimum absolute atomic E-state index is 0.0915. The van der Waals surface area contributed by atoms with Crippen LogP contribution in [0.1, 0.15) is 21.6 Å². The first-order valence-electron chi connectivity index (χ1n) is 7.80. The van der Waals surface area contributed by atoms with E-state index in [4.69, 9.17) is 0 Å². The van der Waals surface area contributed by atoms with Gasteiger partial charge in [0.05, 0.1) is 6.07 Å². The molecule has 0 radical (unpaired) electrons. The minimum atomic E-state index is -0.594. The fourth-order valence-electron chi connectivity index (χ4n) is 2.85. The largest absolute Gasteiger partial charge is 0.358 e. The van der Waals surface area contributed by atoms with Crippen LogP contribution in [0, 0.1) is 17.0 Å². The van der Waals surface area contributed by atoms with Crippen LogP contribution >= 0.6 is 0 Å². The van der Waals surface area contributed by atoms with Gasteiger partial charge in [0.1, 0.15) is 0 Å². The van der Waals surface area contributed by atoms with Crippen LogP contribution in [0.4, 0.5) is 5.82 Å². The number of aryl methyl sites for hydroxylation is 1. The summed E-state index contributed by atoms with van der Waals surface area (Å²) in [4.78, 5) is 26.4. The van der Waals surface area contributed by atoms with Crippen molar-refractivity contribution >= 4 is 11.7 Å². The lowest BCUT2D eigenvalue weighted by Crippen LogP contribution is -2.48. The zero-order valence-electron chi connectivity index (χ0n) is 13.4. The maximum absolute atomic E-state index is 12.3. The lowest BCUT2D eigenvalue weighted by Gasteiger charge is -2.34. The summed E-state index contributed by atoms with van der Waals surface area (Å²) in [5, 5.41) is 16.7. The number of carbonyl (C=O) groups excluding carboxylic acids is 1. The molecule has 1 fully saturated rings. The quantitative estimate of drug-likeness (QED) is 0.679. The molecule has 1 aromatic carbocycles. The van der Waals surface area contributed by atoms with Crippen molar-refractivity contribution in [3.8, 4) is 0 Å². The van der Waals surface area contributed by atoms with E-state index in [0.29, 0.717) is 13.1 Å². The Balaban J connectivity index is 1.56. The van der Waals surface area contributed by atoms with Gasteiger partial charge in [0.15, 0.2) is 5.69 Å². The molecule has 1 N–H and O–H groups in total. The molecule has 1 aromatic heterocycles. The van der Waals surface area contributed by atoms with E-state index >= 15 is 0 Å². The van der Waals surface area contributed by atoms with Gasteiger partial charge in [-0.25, -0.2) is 0 Å². The summed E-state index contributed by atoms with van der Waals surface area (Å²) < 4.78 is 0. The van der Waals surface area contributed by atoms with Crippen LogP contribution in [0.3, 0.4) is 0 Å². The van der Waals surface area contributed by atoms with Crippen molar-refractivity contribution in [3.63, 3.8) is 0 Å². The second kappa shape index (κ2) is 6.79. The van der Waals surface area contributed by atoms with E-state index in [-0.39, 0.29) is 17.4 Å². The molecule has 0 bridgehead atoms. The molecular formula is C16H19N5O3. The maximum atomic E-state index is 12.3. The number of piperazine rings is 1. The van der Waals surface area contributed by atoms with Crippen molar-refractivity contribution in [2.75, 3.05) is 26.2 Å². The molecule has 2 aromatic rings. The molecule has 0 saturated carbocycles. The maximum Gasteiger partial charge on any atom is 0.343 e. The number of nitrogens with zero attached hydrogens (tertiary/aromatic N) is 4. The average molecular weight is 329 g/mol. The van der Waals surface area contributed by atoms with Gasteiger partial charge in [0.25, 0.3) is 5.91 Å². The van der Waals surface area contributed by atoms with Crippen LogP contribution in [0.15, 0.2) is 30.3 Å². The molecule has 8 nitrogen and oxygen atoms in total. The molecule has 1 aliphatic heterocycles. The molecule has 1 saturated heterocycles. The fourth-order valence-corrected chi connectivity index (χ4v) is 2.85. The summed E-state index contributed by atoms with van der Waals surface area (Å²) in [7, 11) is 0. The van der Waals surface area contributed by atoms with Gasteiger partial charge in [-0.15, -0.1) is 5.10 Å². The molecule has 126 valence electrons. The molecule has 1 aliphatic rings. The molecule has 8 heteroatoms. The number of aromatic amines is 1. The Hall–Kier alpha value is -2.74. The van der Waals surface area contributed by atoms with Crippen LogP contribution in [-0.2, 0) is 6.54 Å². The first-order valence-corrected chi connectivity index (χ1v) is 7.80. The third kappa shape index (κ3) is 3.60. The first kappa shape index (κ1) is 16.1. The SMILES string of the molecule is Cc1cccc(CN2CCN(C(=O)c3cc([N+](=O)[O-])[nH]n3)CC2)c1. The van der Waals surface area contributed by atoms with Gasteiger partial charge in [-0.2, -0.15) is 0 Å². The molecule has 24 heavy (non-hydrogen) atoms. The van der Waals surface area contributed by atoms with Crippen molar-refractivity contribution in [1.29, 1.82) is 0 Å². The molecule has 3 rings (SSSR count). The van der Waals surface area contributed by atoms with Crippen molar-refractivity contribution in [2.45, 2.75) is 13.5 Å². The highest BCUT2D eigenvalue weighted by atomic mass is 16.6. The Morgan fingerprint density at radius 2 is 2.04 bits per heavy atom. The van der Waals surface area contributed by atoms with Crippen LogP contribution in [0.5, 0.6) is 0 Å². The lowest BCUT2D eigenvalue weighted by atomic mass is 10.1. The van der Waals surface area contributed by atoms with Crippen molar-refractivity contribution in [3.05, 3.63) is 57.3 Å². The van der Waals surface area contributed by atoms with Gasteiger partial charge in [-0.05, 0) is 17.4 Å². The number of rotatable bonds is 4. The Kier molecular flexibility index (Phi) is 4.57. The highest BCUT2D eigenvalue weighted by molar-refractivity contribution is 5.92. The van der Waals surface area contributed by atoms with Crippen molar-refractivity contribution in [2.24, 2.45) is 0 Å². The van der Waals surface area contributed by atoms with E-state index in [2.05, 4.69) is 46.3 Å². The van der Waals surface area contributed by atoms with Gasteiger partial charge in [0, 0.05) is 32.7 Å². The summed E-state index contributed by atoms with van der Waals surface area (Å²) in [6.45, 7) is 5.65. The van der Waals surface area contributed by atoms with E-state index in [1.807, 2.05) is 0 Å². The molecule has 0 spiro atoms. The molecular weight excluding hydrogens is 310 g/mol. The minimum Gasteiger partial charge on any atom is -0.358 e. The van der Waals surface area contributed by atoms with E-state index in [1.165, 1.54) is 17.2 Å². The van der Waals surface area contributed by atoms with E-state index in [0.717, 1.165) is 19.6 Å². The van der Waals surface area contributed by atoms with Gasteiger partial charge in [-0.1, -0.05) is 34.9 Å². The number of aromatic nitrogens is 2. The Bertz CT molecular complexity index is 750. The third-order valence-corrected chi connectivity index (χ3v) is 4.13. The average Bonchev–Trinajstić information content (AvgIpc) is 3.05. The highest BCUT2D eigenvalue weighted by Crippen LogP contribution is 2.14. The zero-order chi connectivity index (χ0) is 17.1. The standard InChI is InChI=1S/C16H19N5O3/c1-12-3-2-4-13(9-12)11-19-5-7-20(8-6-19)16(22)14-10-15(18-17-14)21(23)24/h2-4,9-10H,5-8,11H2,1H3,(H,17,18). The molecule has 0 unspecified atom stereocenters. The molecule has 2 heterocycles. The van der Waals surface area contributed by atoms with Gasteiger partial charge >= 0.3 is 5.82 Å². The predicted octanol–water partition coefficient (Wildman–Crippen LogP) is 1.58. The molecule has 0 aliphatic carbocycles. The summed E-state index contributed by atoms with van der Waals surface area (Å²) >= 11 is 0. The van der Waals surface area contributed by atoms with Crippen molar-refractivity contribution < 1.29 is 9.72 Å².